The fraction of sp³-hybridized carbons (Fsp3) is 0.500. The van der Waals surface area contributed by atoms with E-state index in [2.05, 4.69) is 10.3 Å². The Morgan fingerprint density at radius 2 is 2.31 bits per heavy atom. The predicted octanol–water partition coefficient (Wildman–Crippen LogP) is 1.71. The van der Waals surface area contributed by atoms with Crippen LogP contribution in [0.15, 0.2) is 18.5 Å². The van der Waals surface area contributed by atoms with Crippen molar-refractivity contribution in [2.24, 2.45) is 5.92 Å². The van der Waals surface area contributed by atoms with Crippen molar-refractivity contribution < 1.29 is 9.90 Å². The van der Waals surface area contributed by atoms with Gasteiger partial charge in [0.25, 0.3) is 5.91 Å². The Balaban J connectivity index is 1.96. The highest BCUT2D eigenvalue weighted by atomic mass is 16.3. The van der Waals surface area contributed by atoms with Crippen molar-refractivity contribution in [2.45, 2.75) is 32.2 Å². The molecule has 4 nitrogen and oxygen atoms in total. The monoisotopic (exact) mass is 220 g/mol. The third-order valence-electron chi connectivity index (χ3n) is 3.20. The summed E-state index contributed by atoms with van der Waals surface area (Å²) in [6.45, 7) is 2.03. The van der Waals surface area contributed by atoms with E-state index in [-0.39, 0.29) is 17.7 Å². The highest BCUT2D eigenvalue weighted by Crippen LogP contribution is 2.29. The van der Waals surface area contributed by atoms with Crippen molar-refractivity contribution in [3.63, 3.8) is 0 Å². The number of hydrogen-bond donors (Lipinski definition) is 2. The zero-order valence-corrected chi connectivity index (χ0v) is 9.31. The van der Waals surface area contributed by atoms with Crippen molar-refractivity contribution in [1.82, 2.24) is 10.3 Å². The minimum Gasteiger partial charge on any atom is -0.506 e. The summed E-state index contributed by atoms with van der Waals surface area (Å²) >= 11 is 0. The molecule has 1 heterocycles. The zero-order valence-electron chi connectivity index (χ0n) is 9.31. The van der Waals surface area contributed by atoms with Gasteiger partial charge in [-0.3, -0.25) is 9.78 Å². The first kappa shape index (κ1) is 10.9. The first-order valence-electron chi connectivity index (χ1n) is 5.61. The lowest BCUT2D eigenvalue weighted by molar-refractivity contribution is 0.0908. The Labute approximate surface area is 94.7 Å². The highest BCUT2D eigenvalue weighted by molar-refractivity contribution is 5.94. The number of nitrogens with one attached hydrogen (secondary N) is 1. The molecule has 2 rings (SSSR count). The quantitative estimate of drug-likeness (QED) is 0.815. The number of aromatic hydroxyl groups is 1. The third kappa shape index (κ3) is 2.32. The standard InChI is InChI=1S/C12H16N2O2/c1-8(9-3-2-4-9)14-12(16)10-5-11(15)7-13-6-10/h5-9,15H,2-4H2,1H3,(H,14,16). The first-order valence-corrected chi connectivity index (χ1v) is 5.61. The molecule has 1 fully saturated rings. The summed E-state index contributed by atoms with van der Waals surface area (Å²) < 4.78 is 0. The maximum Gasteiger partial charge on any atom is 0.253 e. The smallest absolute Gasteiger partial charge is 0.253 e. The van der Waals surface area contributed by atoms with Gasteiger partial charge >= 0.3 is 0 Å². The molecule has 4 heteroatoms. The molecule has 0 bridgehead atoms. The van der Waals surface area contributed by atoms with Gasteiger partial charge in [-0.05, 0) is 31.7 Å². The topological polar surface area (TPSA) is 62.2 Å². The van der Waals surface area contributed by atoms with Gasteiger partial charge in [0.2, 0.25) is 0 Å². The van der Waals surface area contributed by atoms with Gasteiger partial charge in [-0.15, -0.1) is 0 Å². The van der Waals surface area contributed by atoms with Gasteiger partial charge in [-0.25, -0.2) is 0 Å². The van der Waals surface area contributed by atoms with Gasteiger partial charge in [0.05, 0.1) is 11.8 Å². The Kier molecular flexibility index (Phi) is 3.08. The van der Waals surface area contributed by atoms with Crippen molar-refractivity contribution in [1.29, 1.82) is 0 Å². The Morgan fingerprint density at radius 1 is 1.56 bits per heavy atom. The molecule has 1 atom stereocenters. The van der Waals surface area contributed by atoms with Crippen molar-refractivity contribution in [2.75, 3.05) is 0 Å². The molecule has 1 amide bonds. The number of nitrogens with zero attached hydrogens (tertiary/aromatic N) is 1. The third-order valence-corrected chi connectivity index (χ3v) is 3.20. The van der Waals surface area contributed by atoms with Crippen LogP contribution in [0, 0.1) is 5.92 Å². The molecule has 1 saturated carbocycles. The number of amides is 1. The van der Waals surface area contributed by atoms with Gasteiger partial charge in [0.1, 0.15) is 5.75 Å². The fourth-order valence-corrected chi connectivity index (χ4v) is 1.90. The molecule has 1 aliphatic rings. The van der Waals surface area contributed by atoms with E-state index in [0.29, 0.717) is 11.5 Å². The molecule has 0 aliphatic heterocycles. The average molecular weight is 220 g/mol. The number of rotatable bonds is 3. The second kappa shape index (κ2) is 4.51. The van der Waals surface area contributed by atoms with Crippen molar-refractivity contribution >= 4 is 5.91 Å². The van der Waals surface area contributed by atoms with E-state index < -0.39 is 0 Å². The fourth-order valence-electron chi connectivity index (χ4n) is 1.90. The van der Waals surface area contributed by atoms with E-state index in [1.807, 2.05) is 6.92 Å². The van der Waals surface area contributed by atoms with E-state index in [4.69, 9.17) is 0 Å². The van der Waals surface area contributed by atoms with Gasteiger partial charge in [-0.1, -0.05) is 6.42 Å². The molecule has 0 aromatic carbocycles. The van der Waals surface area contributed by atoms with Crippen LogP contribution in [-0.4, -0.2) is 22.0 Å². The van der Waals surface area contributed by atoms with Crippen LogP contribution in [0.25, 0.3) is 0 Å². The Bertz CT molecular complexity index is 388. The highest BCUT2D eigenvalue weighted by Gasteiger charge is 2.25. The second-order valence-corrected chi connectivity index (χ2v) is 4.38. The van der Waals surface area contributed by atoms with Crippen LogP contribution in [0.3, 0.4) is 0 Å². The number of pyridine rings is 1. The summed E-state index contributed by atoms with van der Waals surface area (Å²) in [6.07, 6.45) is 6.42. The summed E-state index contributed by atoms with van der Waals surface area (Å²) in [7, 11) is 0. The van der Waals surface area contributed by atoms with Crippen molar-refractivity contribution in [3.05, 3.63) is 24.0 Å². The van der Waals surface area contributed by atoms with Gasteiger partial charge in [0, 0.05) is 12.2 Å². The maximum absolute atomic E-state index is 11.8. The molecule has 1 aromatic heterocycles. The van der Waals surface area contributed by atoms with Crippen LogP contribution < -0.4 is 5.32 Å². The SMILES string of the molecule is CC(NC(=O)c1cncc(O)c1)C1CCC1. The lowest BCUT2D eigenvalue weighted by Gasteiger charge is -2.31. The molecule has 0 radical (unpaired) electrons. The average Bonchev–Trinajstić information content (AvgIpc) is 2.14. The lowest BCUT2D eigenvalue weighted by Crippen LogP contribution is -2.40. The first-order chi connectivity index (χ1) is 7.66. The minimum atomic E-state index is -0.164. The second-order valence-electron chi connectivity index (χ2n) is 4.38. The van der Waals surface area contributed by atoms with Crippen LogP contribution in [-0.2, 0) is 0 Å². The van der Waals surface area contributed by atoms with Crippen LogP contribution in [0.4, 0.5) is 0 Å². The summed E-state index contributed by atoms with van der Waals surface area (Å²) in [5.74, 6) is 0.459. The minimum absolute atomic E-state index is 0.0175. The van der Waals surface area contributed by atoms with E-state index >= 15 is 0 Å². The normalized spacial score (nSPS) is 17.6. The number of aromatic nitrogens is 1. The molecule has 2 N–H and O–H groups in total. The van der Waals surface area contributed by atoms with E-state index in [9.17, 15) is 9.90 Å². The predicted molar refractivity (Wildman–Crippen MR) is 60.2 cm³/mol. The molecule has 1 aromatic rings. The van der Waals surface area contributed by atoms with E-state index in [1.165, 1.54) is 37.7 Å². The molecule has 86 valence electrons. The largest absolute Gasteiger partial charge is 0.506 e. The van der Waals surface area contributed by atoms with E-state index in [0.717, 1.165) is 0 Å². The van der Waals surface area contributed by atoms with Crippen LogP contribution >= 0.6 is 0 Å². The van der Waals surface area contributed by atoms with Crippen LogP contribution in [0.1, 0.15) is 36.5 Å². The van der Waals surface area contributed by atoms with Gasteiger partial charge in [0.15, 0.2) is 0 Å². The van der Waals surface area contributed by atoms with Gasteiger partial charge < -0.3 is 10.4 Å². The summed E-state index contributed by atoms with van der Waals surface area (Å²) in [6, 6.07) is 1.62. The van der Waals surface area contributed by atoms with Crippen LogP contribution in [0.2, 0.25) is 0 Å². The maximum atomic E-state index is 11.8. The zero-order chi connectivity index (χ0) is 11.5. The molecule has 16 heavy (non-hydrogen) atoms. The lowest BCUT2D eigenvalue weighted by atomic mass is 9.80. The number of carbonyl (C=O) groups excluding carboxylic acids is 1. The van der Waals surface area contributed by atoms with Crippen LogP contribution in [0.5, 0.6) is 5.75 Å². The Hall–Kier alpha value is -1.58. The molecule has 0 spiro atoms. The van der Waals surface area contributed by atoms with Gasteiger partial charge in [-0.2, -0.15) is 0 Å². The van der Waals surface area contributed by atoms with Crippen molar-refractivity contribution in [3.8, 4) is 5.75 Å². The molecule has 1 aliphatic carbocycles. The molecule has 1 unspecified atom stereocenters. The molecule has 0 saturated heterocycles. The Morgan fingerprint density at radius 3 is 2.88 bits per heavy atom. The van der Waals surface area contributed by atoms with E-state index in [1.54, 1.807) is 0 Å². The molecular weight excluding hydrogens is 204 g/mol. The number of hydrogen-bond acceptors (Lipinski definition) is 3. The number of carbonyl (C=O) groups is 1. The molecular formula is C12H16N2O2. The summed E-state index contributed by atoms with van der Waals surface area (Å²) in [5, 5.41) is 12.2. The summed E-state index contributed by atoms with van der Waals surface area (Å²) in [5.41, 5.74) is 0.408. The summed E-state index contributed by atoms with van der Waals surface area (Å²) in [4.78, 5) is 15.6.